The third-order valence-corrected chi connectivity index (χ3v) is 3.62. The van der Waals surface area contributed by atoms with Gasteiger partial charge in [0.15, 0.2) is 0 Å². The molecule has 0 amide bonds. The summed E-state index contributed by atoms with van der Waals surface area (Å²) in [4.78, 5) is 0. The number of benzene rings is 2. The number of aliphatic hydroxyl groups excluding tert-OH is 1. The molecule has 3 heteroatoms. The highest BCUT2D eigenvalue weighted by Crippen LogP contribution is 2.34. The van der Waals surface area contributed by atoms with Crippen molar-refractivity contribution in [3.8, 4) is 0 Å². The minimum atomic E-state index is -0.825. The molecule has 0 bridgehead atoms. The van der Waals surface area contributed by atoms with Crippen molar-refractivity contribution in [2.45, 2.75) is 11.7 Å². The standard InChI is InChI=1S/C17H18O3/c18-13-17(20-12-16-11-19-16,14-7-3-1-4-8-14)15-9-5-2-6-10-15/h1-10,16,18H,11-13H2. The molecule has 3 rings (SSSR count). The van der Waals surface area contributed by atoms with Crippen molar-refractivity contribution in [1.82, 2.24) is 0 Å². The van der Waals surface area contributed by atoms with Crippen molar-refractivity contribution in [3.05, 3.63) is 71.8 Å². The van der Waals surface area contributed by atoms with Crippen LogP contribution in [0, 0.1) is 0 Å². The van der Waals surface area contributed by atoms with Crippen LogP contribution in [0.5, 0.6) is 0 Å². The van der Waals surface area contributed by atoms with E-state index in [9.17, 15) is 5.11 Å². The van der Waals surface area contributed by atoms with Crippen molar-refractivity contribution >= 4 is 0 Å². The van der Waals surface area contributed by atoms with Crippen molar-refractivity contribution in [1.29, 1.82) is 0 Å². The zero-order valence-electron chi connectivity index (χ0n) is 11.2. The third-order valence-electron chi connectivity index (χ3n) is 3.62. The average Bonchev–Trinajstić information content (AvgIpc) is 3.35. The summed E-state index contributed by atoms with van der Waals surface area (Å²) in [6.07, 6.45) is 0.161. The van der Waals surface area contributed by atoms with Crippen LogP contribution in [0.1, 0.15) is 11.1 Å². The Bertz CT molecular complexity index is 495. The van der Waals surface area contributed by atoms with Crippen LogP contribution in [0.4, 0.5) is 0 Å². The molecule has 0 spiro atoms. The van der Waals surface area contributed by atoms with Crippen LogP contribution in [0.3, 0.4) is 0 Å². The van der Waals surface area contributed by atoms with Crippen molar-refractivity contribution in [2.24, 2.45) is 0 Å². The van der Waals surface area contributed by atoms with Gasteiger partial charge in [-0.2, -0.15) is 0 Å². The quantitative estimate of drug-likeness (QED) is 0.819. The van der Waals surface area contributed by atoms with Crippen LogP contribution in [0.2, 0.25) is 0 Å². The summed E-state index contributed by atoms with van der Waals surface area (Å²) in [5.41, 5.74) is 1.08. The van der Waals surface area contributed by atoms with Crippen LogP contribution >= 0.6 is 0 Å². The summed E-state index contributed by atoms with van der Waals surface area (Å²) >= 11 is 0. The Balaban J connectivity index is 1.99. The number of hydrogen-bond donors (Lipinski definition) is 1. The first-order chi connectivity index (χ1) is 9.85. The molecule has 1 heterocycles. The molecule has 104 valence electrons. The lowest BCUT2D eigenvalue weighted by molar-refractivity contribution is -0.0603. The van der Waals surface area contributed by atoms with Gasteiger partial charge in [0, 0.05) is 0 Å². The van der Waals surface area contributed by atoms with E-state index in [1.54, 1.807) is 0 Å². The number of rotatable bonds is 6. The number of hydrogen-bond acceptors (Lipinski definition) is 3. The van der Waals surface area contributed by atoms with E-state index in [2.05, 4.69) is 0 Å². The Morgan fingerprint density at radius 3 is 1.90 bits per heavy atom. The lowest BCUT2D eigenvalue weighted by Crippen LogP contribution is -2.36. The zero-order valence-corrected chi connectivity index (χ0v) is 11.2. The van der Waals surface area contributed by atoms with Gasteiger partial charge in [-0.05, 0) is 11.1 Å². The molecule has 1 aliphatic heterocycles. The van der Waals surface area contributed by atoms with Crippen LogP contribution in [-0.2, 0) is 15.1 Å². The normalized spacial score (nSPS) is 17.9. The first kappa shape index (κ1) is 13.3. The Hall–Kier alpha value is -1.68. The van der Waals surface area contributed by atoms with Gasteiger partial charge in [-0.3, -0.25) is 0 Å². The summed E-state index contributed by atoms with van der Waals surface area (Å²) in [5.74, 6) is 0. The number of aliphatic hydroxyl groups is 1. The van der Waals surface area contributed by atoms with Crippen LogP contribution in [0.25, 0.3) is 0 Å². The fourth-order valence-corrected chi connectivity index (χ4v) is 2.38. The SMILES string of the molecule is OCC(OCC1CO1)(c1ccccc1)c1ccccc1. The summed E-state index contributed by atoms with van der Waals surface area (Å²) in [5, 5.41) is 10.1. The van der Waals surface area contributed by atoms with E-state index in [0.29, 0.717) is 6.61 Å². The monoisotopic (exact) mass is 270 g/mol. The van der Waals surface area contributed by atoms with Crippen molar-refractivity contribution in [2.75, 3.05) is 19.8 Å². The molecule has 1 aliphatic rings. The van der Waals surface area contributed by atoms with Gasteiger partial charge in [-0.1, -0.05) is 60.7 Å². The Morgan fingerprint density at radius 2 is 1.50 bits per heavy atom. The molecule has 0 aliphatic carbocycles. The van der Waals surface area contributed by atoms with Gasteiger partial charge in [-0.25, -0.2) is 0 Å². The molecule has 3 nitrogen and oxygen atoms in total. The van der Waals surface area contributed by atoms with Crippen molar-refractivity contribution < 1.29 is 14.6 Å². The van der Waals surface area contributed by atoms with Gasteiger partial charge >= 0.3 is 0 Å². The average molecular weight is 270 g/mol. The van der Waals surface area contributed by atoms with E-state index >= 15 is 0 Å². The van der Waals surface area contributed by atoms with E-state index in [1.807, 2.05) is 60.7 Å². The number of epoxide rings is 1. The second kappa shape index (κ2) is 5.75. The van der Waals surface area contributed by atoms with Crippen molar-refractivity contribution in [3.63, 3.8) is 0 Å². The van der Waals surface area contributed by atoms with E-state index in [-0.39, 0.29) is 12.7 Å². The fraction of sp³-hybridized carbons (Fsp3) is 0.294. The molecule has 0 saturated carbocycles. The van der Waals surface area contributed by atoms with Crippen LogP contribution < -0.4 is 0 Å². The predicted octanol–water partition coefficient (Wildman–Crippen LogP) is 2.34. The first-order valence-electron chi connectivity index (χ1n) is 6.82. The number of ether oxygens (including phenoxy) is 2. The topological polar surface area (TPSA) is 42.0 Å². The Morgan fingerprint density at radius 1 is 1.00 bits per heavy atom. The smallest absolute Gasteiger partial charge is 0.141 e. The molecule has 1 saturated heterocycles. The van der Waals surface area contributed by atoms with Gasteiger partial charge in [0.25, 0.3) is 0 Å². The first-order valence-corrected chi connectivity index (χ1v) is 6.82. The minimum absolute atomic E-state index is 0.103. The molecule has 1 N–H and O–H groups in total. The summed E-state index contributed by atoms with van der Waals surface area (Å²) < 4.78 is 11.3. The molecule has 0 aromatic heterocycles. The molecule has 1 atom stereocenters. The lowest BCUT2D eigenvalue weighted by Gasteiger charge is -2.33. The molecule has 1 unspecified atom stereocenters. The van der Waals surface area contributed by atoms with Crippen LogP contribution in [0.15, 0.2) is 60.7 Å². The van der Waals surface area contributed by atoms with Gasteiger partial charge in [0.1, 0.15) is 11.7 Å². The molecule has 1 fully saturated rings. The van der Waals surface area contributed by atoms with E-state index in [0.717, 1.165) is 17.7 Å². The maximum atomic E-state index is 10.1. The molecule has 0 radical (unpaired) electrons. The van der Waals surface area contributed by atoms with E-state index in [4.69, 9.17) is 9.47 Å². The Kier molecular flexibility index (Phi) is 3.83. The predicted molar refractivity (Wildman–Crippen MR) is 76.4 cm³/mol. The van der Waals surface area contributed by atoms with Gasteiger partial charge in [0.2, 0.25) is 0 Å². The lowest BCUT2D eigenvalue weighted by atomic mass is 9.86. The second-order valence-corrected chi connectivity index (χ2v) is 4.98. The highest BCUT2D eigenvalue weighted by Gasteiger charge is 2.37. The van der Waals surface area contributed by atoms with E-state index in [1.165, 1.54) is 0 Å². The molecule has 20 heavy (non-hydrogen) atoms. The summed E-state index contributed by atoms with van der Waals surface area (Å²) in [6.45, 7) is 1.13. The summed E-state index contributed by atoms with van der Waals surface area (Å²) in [6, 6.07) is 19.7. The molecular weight excluding hydrogens is 252 g/mol. The zero-order chi connectivity index (χ0) is 13.8. The molecule has 2 aromatic rings. The maximum absolute atomic E-state index is 10.1. The molecular formula is C17H18O3. The highest BCUT2D eigenvalue weighted by atomic mass is 16.6. The van der Waals surface area contributed by atoms with Gasteiger partial charge in [0.05, 0.1) is 19.8 Å². The highest BCUT2D eigenvalue weighted by molar-refractivity contribution is 5.36. The summed E-state index contributed by atoms with van der Waals surface area (Å²) in [7, 11) is 0. The van der Waals surface area contributed by atoms with E-state index < -0.39 is 5.60 Å². The van der Waals surface area contributed by atoms with Crippen LogP contribution in [-0.4, -0.2) is 31.0 Å². The second-order valence-electron chi connectivity index (χ2n) is 4.98. The largest absolute Gasteiger partial charge is 0.393 e. The van der Waals surface area contributed by atoms with Gasteiger partial charge in [-0.15, -0.1) is 0 Å². The molecule has 2 aromatic carbocycles. The van der Waals surface area contributed by atoms with Gasteiger partial charge < -0.3 is 14.6 Å². The maximum Gasteiger partial charge on any atom is 0.141 e. The Labute approximate surface area is 118 Å². The minimum Gasteiger partial charge on any atom is -0.393 e. The fourth-order valence-electron chi connectivity index (χ4n) is 2.38. The third kappa shape index (κ3) is 2.61.